The molecule has 4 heteroatoms. The van der Waals surface area contributed by atoms with Crippen molar-refractivity contribution in [1.29, 1.82) is 0 Å². The second-order valence-corrected chi connectivity index (χ2v) is 4.36. The fourth-order valence-electron chi connectivity index (χ4n) is 2.45. The van der Waals surface area contributed by atoms with Gasteiger partial charge in [0.2, 0.25) is 11.8 Å². The van der Waals surface area contributed by atoms with Crippen LogP contribution in [0.3, 0.4) is 0 Å². The van der Waals surface area contributed by atoms with Gasteiger partial charge in [-0.1, -0.05) is 12.2 Å². The Morgan fingerprint density at radius 1 is 1.44 bits per heavy atom. The Morgan fingerprint density at radius 3 is 3.00 bits per heavy atom. The number of fused-ring (bicyclic) bond motifs is 1. The van der Waals surface area contributed by atoms with E-state index in [0.29, 0.717) is 6.54 Å². The molecule has 0 aliphatic carbocycles. The van der Waals surface area contributed by atoms with Crippen molar-refractivity contribution in [3.05, 3.63) is 12.2 Å². The first kappa shape index (κ1) is 11.2. The Labute approximate surface area is 95.9 Å². The third kappa shape index (κ3) is 1.96. The van der Waals surface area contributed by atoms with E-state index in [4.69, 9.17) is 0 Å². The van der Waals surface area contributed by atoms with Crippen LogP contribution in [-0.4, -0.2) is 47.3 Å². The van der Waals surface area contributed by atoms with E-state index in [1.165, 1.54) is 0 Å². The normalized spacial score (nSPS) is 25.7. The second kappa shape index (κ2) is 4.68. The molecule has 0 aromatic heterocycles. The van der Waals surface area contributed by atoms with E-state index in [1.807, 2.05) is 19.1 Å². The fourth-order valence-corrected chi connectivity index (χ4v) is 2.45. The second-order valence-electron chi connectivity index (χ2n) is 4.36. The van der Waals surface area contributed by atoms with Crippen LogP contribution < -0.4 is 0 Å². The third-order valence-corrected chi connectivity index (χ3v) is 3.30. The molecule has 16 heavy (non-hydrogen) atoms. The van der Waals surface area contributed by atoms with Crippen molar-refractivity contribution in [3.8, 4) is 0 Å². The van der Waals surface area contributed by atoms with Gasteiger partial charge in [-0.05, 0) is 26.2 Å². The molecule has 2 heterocycles. The van der Waals surface area contributed by atoms with Crippen molar-refractivity contribution >= 4 is 11.8 Å². The van der Waals surface area contributed by atoms with Gasteiger partial charge in [-0.15, -0.1) is 0 Å². The smallest absolute Gasteiger partial charge is 0.245 e. The summed E-state index contributed by atoms with van der Waals surface area (Å²) in [6.07, 6.45) is 6.63. The summed E-state index contributed by atoms with van der Waals surface area (Å²) in [6.45, 7) is 3.66. The first-order valence-corrected chi connectivity index (χ1v) is 5.93. The van der Waals surface area contributed by atoms with Crippen LogP contribution >= 0.6 is 0 Å². The zero-order chi connectivity index (χ0) is 11.5. The van der Waals surface area contributed by atoms with Crippen molar-refractivity contribution in [2.75, 3.05) is 19.6 Å². The van der Waals surface area contributed by atoms with Crippen molar-refractivity contribution in [1.82, 2.24) is 9.80 Å². The molecule has 2 saturated heterocycles. The lowest BCUT2D eigenvalue weighted by atomic mass is 10.1. The number of rotatable bonds is 3. The Hall–Kier alpha value is -1.32. The van der Waals surface area contributed by atoms with Crippen LogP contribution in [0.15, 0.2) is 12.2 Å². The van der Waals surface area contributed by atoms with Crippen molar-refractivity contribution in [3.63, 3.8) is 0 Å². The third-order valence-electron chi connectivity index (χ3n) is 3.30. The lowest BCUT2D eigenvalue weighted by Gasteiger charge is -2.36. The first-order chi connectivity index (χ1) is 7.74. The van der Waals surface area contributed by atoms with E-state index in [2.05, 4.69) is 0 Å². The molecule has 2 amide bonds. The molecular formula is C12H18N2O2. The molecule has 2 aliphatic heterocycles. The van der Waals surface area contributed by atoms with Crippen molar-refractivity contribution < 1.29 is 9.59 Å². The molecule has 0 N–H and O–H groups in total. The van der Waals surface area contributed by atoms with Crippen molar-refractivity contribution in [2.24, 2.45) is 0 Å². The van der Waals surface area contributed by atoms with Gasteiger partial charge in [0.15, 0.2) is 0 Å². The lowest BCUT2D eigenvalue weighted by Crippen LogP contribution is -2.57. The van der Waals surface area contributed by atoms with Gasteiger partial charge in [0.05, 0.1) is 6.54 Å². The lowest BCUT2D eigenvalue weighted by molar-refractivity contribution is -0.153. The number of amides is 2. The van der Waals surface area contributed by atoms with Gasteiger partial charge < -0.3 is 9.80 Å². The highest BCUT2D eigenvalue weighted by molar-refractivity contribution is 5.95. The predicted octanol–water partition coefficient (Wildman–Crippen LogP) is 0.786. The predicted molar refractivity (Wildman–Crippen MR) is 60.7 cm³/mol. The summed E-state index contributed by atoms with van der Waals surface area (Å²) in [5.74, 6) is 0.254. The number of nitrogens with zero attached hydrogens (tertiary/aromatic N) is 2. The van der Waals surface area contributed by atoms with Gasteiger partial charge >= 0.3 is 0 Å². The van der Waals surface area contributed by atoms with E-state index in [9.17, 15) is 9.59 Å². The standard InChI is InChI=1S/C12H18N2O2/c1-2-3-4-7-13-9-11(15)14-8-5-6-10(14)12(13)16/h2-3,10H,4-9H2,1H3/b3-2+. The summed E-state index contributed by atoms with van der Waals surface area (Å²) in [7, 11) is 0. The van der Waals surface area contributed by atoms with Gasteiger partial charge in [-0.2, -0.15) is 0 Å². The highest BCUT2D eigenvalue weighted by Gasteiger charge is 2.41. The molecule has 4 nitrogen and oxygen atoms in total. The molecule has 0 spiro atoms. The van der Waals surface area contributed by atoms with Crippen LogP contribution in [0, 0.1) is 0 Å². The molecule has 88 valence electrons. The summed E-state index contributed by atoms with van der Waals surface area (Å²) in [4.78, 5) is 27.3. The van der Waals surface area contributed by atoms with Gasteiger partial charge in [-0.25, -0.2) is 0 Å². The van der Waals surface area contributed by atoms with Crippen LogP contribution in [0.5, 0.6) is 0 Å². The topological polar surface area (TPSA) is 40.6 Å². The maximum atomic E-state index is 12.1. The van der Waals surface area contributed by atoms with E-state index in [-0.39, 0.29) is 24.4 Å². The summed E-state index contributed by atoms with van der Waals surface area (Å²) in [5, 5.41) is 0. The van der Waals surface area contributed by atoms with Crippen LogP contribution in [0.1, 0.15) is 26.2 Å². The van der Waals surface area contributed by atoms with E-state index < -0.39 is 0 Å². The first-order valence-electron chi connectivity index (χ1n) is 5.93. The largest absolute Gasteiger partial charge is 0.331 e. The average Bonchev–Trinajstić information content (AvgIpc) is 2.75. The monoisotopic (exact) mass is 222 g/mol. The number of carbonyl (C=O) groups is 2. The molecule has 0 aromatic carbocycles. The highest BCUT2D eigenvalue weighted by atomic mass is 16.2. The van der Waals surface area contributed by atoms with Crippen LogP contribution in [0.25, 0.3) is 0 Å². The van der Waals surface area contributed by atoms with Gasteiger partial charge in [0.1, 0.15) is 6.04 Å². The zero-order valence-electron chi connectivity index (χ0n) is 9.69. The van der Waals surface area contributed by atoms with Crippen molar-refractivity contribution in [2.45, 2.75) is 32.2 Å². The maximum absolute atomic E-state index is 12.1. The minimum atomic E-state index is -0.160. The molecule has 2 aliphatic rings. The molecule has 1 atom stereocenters. The quantitative estimate of drug-likeness (QED) is 0.662. The van der Waals surface area contributed by atoms with E-state index in [0.717, 1.165) is 25.8 Å². The molecular weight excluding hydrogens is 204 g/mol. The van der Waals surface area contributed by atoms with Crippen LogP contribution in [0.2, 0.25) is 0 Å². The number of hydrogen-bond acceptors (Lipinski definition) is 2. The Balaban J connectivity index is 1.99. The number of piperazine rings is 1. The minimum absolute atomic E-state index is 0.113. The maximum Gasteiger partial charge on any atom is 0.245 e. The summed E-state index contributed by atoms with van der Waals surface area (Å²) in [6, 6.07) is -0.160. The van der Waals surface area contributed by atoms with Gasteiger partial charge in [-0.3, -0.25) is 9.59 Å². The molecule has 1 unspecified atom stereocenters. The molecule has 0 radical (unpaired) electrons. The van der Waals surface area contributed by atoms with Crippen LogP contribution in [-0.2, 0) is 9.59 Å². The Morgan fingerprint density at radius 2 is 2.25 bits per heavy atom. The molecule has 0 saturated carbocycles. The number of carbonyl (C=O) groups excluding carboxylic acids is 2. The number of hydrogen-bond donors (Lipinski definition) is 0. The molecule has 2 rings (SSSR count). The molecule has 0 aromatic rings. The number of allylic oxidation sites excluding steroid dienone is 1. The average molecular weight is 222 g/mol. The SMILES string of the molecule is C/C=C/CCN1CC(=O)N2CCCC2C1=O. The highest BCUT2D eigenvalue weighted by Crippen LogP contribution is 2.23. The Kier molecular flexibility index (Phi) is 3.27. The minimum Gasteiger partial charge on any atom is -0.331 e. The summed E-state index contributed by atoms with van der Waals surface area (Å²) in [5.41, 5.74) is 0. The van der Waals surface area contributed by atoms with Gasteiger partial charge in [0.25, 0.3) is 0 Å². The van der Waals surface area contributed by atoms with Gasteiger partial charge in [0, 0.05) is 13.1 Å². The Bertz CT molecular complexity index is 325. The molecule has 0 bridgehead atoms. The zero-order valence-corrected chi connectivity index (χ0v) is 9.69. The summed E-state index contributed by atoms with van der Waals surface area (Å²) >= 11 is 0. The van der Waals surface area contributed by atoms with E-state index in [1.54, 1.807) is 9.80 Å². The van der Waals surface area contributed by atoms with E-state index >= 15 is 0 Å². The summed E-state index contributed by atoms with van der Waals surface area (Å²) < 4.78 is 0. The fraction of sp³-hybridized carbons (Fsp3) is 0.667. The van der Waals surface area contributed by atoms with Crippen LogP contribution in [0.4, 0.5) is 0 Å². The molecule has 2 fully saturated rings.